The van der Waals surface area contributed by atoms with Crippen molar-refractivity contribution in [3.63, 3.8) is 0 Å². The van der Waals surface area contributed by atoms with Crippen LogP contribution in [-0.2, 0) is 5.41 Å². The highest BCUT2D eigenvalue weighted by Crippen LogP contribution is 2.53. The zero-order valence-corrected chi connectivity index (χ0v) is 14.1. The number of hydrogen-bond acceptors (Lipinski definition) is 3. The second kappa shape index (κ2) is 4.71. The number of nitrogens with zero attached hydrogens (tertiary/aromatic N) is 3. The van der Waals surface area contributed by atoms with Crippen molar-refractivity contribution in [2.45, 2.75) is 37.6 Å². The van der Waals surface area contributed by atoms with Crippen LogP contribution in [0.2, 0.25) is 5.02 Å². The quantitative estimate of drug-likeness (QED) is 0.825. The van der Waals surface area contributed by atoms with Crippen LogP contribution in [0, 0.1) is 6.92 Å². The molecular weight excluding hydrogens is 352 g/mol. The van der Waals surface area contributed by atoms with Crippen LogP contribution in [0.25, 0.3) is 0 Å². The van der Waals surface area contributed by atoms with E-state index in [-0.39, 0.29) is 5.41 Å². The Morgan fingerprint density at radius 2 is 2.38 bits per heavy atom. The van der Waals surface area contributed by atoms with Gasteiger partial charge in [-0.05, 0) is 48.2 Å². The van der Waals surface area contributed by atoms with Crippen molar-refractivity contribution >= 4 is 33.3 Å². The van der Waals surface area contributed by atoms with Crippen molar-refractivity contribution in [2.75, 3.05) is 11.9 Å². The molecule has 1 N–H and O–H groups in total. The molecule has 21 heavy (non-hydrogen) atoms. The maximum absolute atomic E-state index is 6.56. The first kappa shape index (κ1) is 13.6. The van der Waals surface area contributed by atoms with Crippen LogP contribution in [-0.4, -0.2) is 21.3 Å². The lowest BCUT2D eigenvalue weighted by Gasteiger charge is -2.24. The number of anilines is 1. The van der Waals surface area contributed by atoms with Crippen molar-refractivity contribution < 1.29 is 0 Å². The van der Waals surface area contributed by atoms with Gasteiger partial charge in [0.05, 0.1) is 21.2 Å². The predicted molar refractivity (Wildman–Crippen MR) is 87.0 cm³/mol. The molecule has 2 atom stereocenters. The number of aromatic nitrogens is 3. The van der Waals surface area contributed by atoms with Crippen LogP contribution in [0.15, 0.2) is 22.9 Å². The summed E-state index contributed by atoms with van der Waals surface area (Å²) in [5.41, 5.74) is 2.35. The van der Waals surface area contributed by atoms with Gasteiger partial charge >= 0.3 is 0 Å². The summed E-state index contributed by atoms with van der Waals surface area (Å²) < 4.78 is 2.99. The monoisotopic (exact) mass is 366 g/mol. The molecule has 110 valence electrons. The lowest BCUT2D eigenvalue weighted by Crippen LogP contribution is -2.26. The van der Waals surface area contributed by atoms with Gasteiger partial charge in [-0.1, -0.05) is 11.6 Å². The molecule has 1 fully saturated rings. The van der Waals surface area contributed by atoms with Crippen molar-refractivity contribution in [3.8, 4) is 0 Å². The van der Waals surface area contributed by atoms with Crippen molar-refractivity contribution in [3.05, 3.63) is 39.2 Å². The average Bonchev–Trinajstić information content (AvgIpc) is 3.15. The van der Waals surface area contributed by atoms with E-state index in [9.17, 15) is 0 Å². The second-order valence-corrected chi connectivity index (χ2v) is 7.34. The Labute approximate surface area is 137 Å². The summed E-state index contributed by atoms with van der Waals surface area (Å²) >= 11 is 10.1. The predicted octanol–water partition coefficient (Wildman–Crippen LogP) is 4.09. The zero-order valence-electron chi connectivity index (χ0n) is 11.7. The number of rotatable bonds is 1. The summed E-state index contributed by atoms with van der Waals surface area (Å²) in [5.74, 6) is 0.945. The van der Waals surface area contributed by atoms with E-state index in [0.717, 1.165) is 46.8 Å². The molecule has 1 aliphatic heterocycles. The standard InChI is InChI=1S/C15H16BrClN4/c1-9-3-5-21(20-9)10-2-4-15(6-10)8-19-14-12(15)13(17)11(16)7-18-14/h3,5,7,10H,2,4,6,8H2,1H3,(H,18,19). The number of pyridine rings is 1. The van der Waals surface area contributed by atoms with Crippen molar-refractivity contribution in [1.82, 2.24) is 14.8 Å². The van der Waals surface area contributed by atoms with Crippen LogP contribution in [0.1, 0.15) is 36.6 Å². The van der Waals surface area contributed by atoms with Crippen LogP contribution in [0.4, 0.5) is 5.82 Å². The Morgan fingerprint density at radius 1 is 1.52 bits per heavy atom. The average molecular weight is 368 g/mol. The Bertz CT molecular complexity index is 714. The first-order valence-corrected chi connectivity index (χ1v) is 8.36. The third-order valence-corrected chi connectivity index (χ3v) is 6.02. The van der Waals surface area contributed by atoms with Crippen LogP contribution in [0.5, 0.6) is 0 Å². The molecule has 0 aromatic carbocycles. The van der Waals surface area contributed by atoms with Crippen molar-refractivity contribution in [2.24, 2.45) is 0 Å². The van der Waals surface area contributed by atoms with Crippen LogP contribution < -0.4 is 5.32 Å². The summed E-state index contributed by atoms with van der Waals surface area (Å²) in [4.78, 5) is 4.48. The lowest BCUT2D eigenvalue weighted by atomic mass is 9.81. The smallest absolute Gasteiger partial charge is 0.131 e. The molecule has 4 nitrogen and oxygen atoms in total. The lowest BCUT2D eigenvalue weighted by molar-refractivity contribution is 0.417. The third kappa shape index (κ3) is 2.01. The highest BCUT2D eigenvalue weighted by molar-refractivity contribution is 9.10. The number of halogens is 2. The Kier molecular flexibility index (Phi) is 3.05. The van der Waals surface area contributed by atoms with Gasteiger partial charge in [0.15, 0.2) is 0 Å². The molecule has 4 rings (SSSR count). The first-order valence-electron chi connectivity index (χ1n) is 7.19. The van der Waals surface area contributed by atoms with Gasteiger partial charge in [0.1, 0.15) is 5.82 Å². The van der Waals surface area contributed by atoms with E-state index in [1.54, 1.807) is 6.20 Å². The zero-order chi connectivity index (χ0) is 14.6. The molecule has 1 spiro atoms. The summed E-state index contributed by atoms with van der Waals surface area (Å²) in [7, 11) is 0. The van der Waals surface area contributed by atoms with Gasteiger partial charge in [-0.2, -0.15) is 5.10 Å². The fourth-order valence-electron chi connectivity index (χ4n) is 3.77. The molecule has 6 heteroatoms. The van der Waals surface area contributed by atoms with E-state index in [4.69, 9.17) is 11.6 Å². The van der Waals surface area contributed by atoms with Gasteiger partial charge in [-0.25, -0.2) is 4.98 Å². The number of hydrogen-bond donors (Lipinski definition) is 1. The molecule has 3 heterocycles. The van der Waals surface area contributed by atoms with Gasteiger partial charge in [0, 0.05) is 29.9 Å². The van der Waals surface area contributed by atoms with Crippen LogP contribution >= 0.6 is 27.5 Å². The number of aryl methyl sites for hydroxylation is 1. The van der Waals surface area contributed by atoms with E-state index < -0.39 is 0 Å². The fourth-order valence-corrected chi connectivity index (χ4v) is 4.41. The van der Waals surface area contributed by atoms with Gasteiger partial charge in [0.25, 0.3) is 0 Å². The fraction of sp³-hybridized carbons (Fsp3) is 0.467. The Balaban J connectivity index is 1.72. The minimum Gasteiger partial charge on any atom is -0.369 e. The number of nitrogens with one attached hydrogen (secondary N) is 1. The van der Waals surface area contributed by atoms with E-state index in [1.807, 2.05) is 6.92 Å². The minimum atomic E-state index is 0.0910. The number of fused-ring (bicyclic) bond motifs is 2. The largest absolute Gasteiger partial charge is 0.369 e. The molecule has 2 unspecified atom stereocenters. The normalized spacial score (nSPS) is 27.1. The van der Waals surface area contributed by atoms with E-state index in [0.29, 0.717) is 6.04 Å². The Morgan fingerprint density at radius 3 is 3.14 bits per heavy atom. The highest BCUT2D eigenvalue weighted by atomic mass is 79.9. The summed E-state index contributed by atoms with van der Waals surface area (Å²) in [5, 5.41) is 8.82. The van der Waals surface area contributed by atoms with E-state index in [1.165, 1.54) is 5.56 Å². The highest BCUT2D eigenvalue weighted by Gasteiger charge is 2.47. The Hall–Kier alpha value is -1.07. The van der Waals surface area contributed by atoms with E-state index >= 15 is 0 Å². The van der Waals surface area contributed by atoms with E-state index in [2.05, 4.69) is 48.3 Å². The van der Waals surface area contributed by atoms with Crippen molar-refractivity contribution in [1.29, 1.82) is 0 Å². The third-order valence-electron chi connectivity index (χ3n) is 4.80. The maximum atomic E-state index is 6.56. The van der Waals surface area contributed by atoms with Crippen LogP contribution in [0.3, 0.4) is 0 Å². The first-order chi connectivity index (χ1) is 10.1. The summed E-state index contributed by atoms with van der Waals surface area (Å²) in [6.45, 7) is 2.95. The van der Waals surface area contributed by atoms with Gasteiger partial charge in [-0.3, -0.25) is 4.68 Å². The molecular formula is C15H16BrClN4. The molecule has 1 saturated carbocycles. The second-order valence-electron chi connectivity index (χ2n) is 6.11. The SMILES string of the molecule is Cc1ccn(C2CCC3(CNc4ncc(Br)c(Cl)c43)C2)n1. The molecule has 0 radical (unpaired) electrons. The summed E-state index contributed by atoms with van der Waals surface area (Å²) in [6.07, 6.45) is 7.17. The van der Waals surface area contributed by atoms with Gasteiger partial charge in [0.2, 0.25) is 0 Å². The minimum absolute atomic E-state index is 0.0910. The molecule has 2 aromatic rings. The molecule has 2 aliphatic rings. The topological polar surface area (TPSA) is 42.7 Å². The molecule has 2 aromatic heterocycles. The summed E-state index contributed by atoms with van der Waals surface area (Å²) in [6, 6.07) is 2.51. The molecule has 0 saturated heterocycles. The molecule has 1 aliphatic carbocycles. The van der Waals surface area contributed by atoms with Gasteiger partial charge < -0.3 is 5.32 Å². The maximum Gasteiger partial charge on any atom is 0.131 e. The van der Waals surface area contributed by atoms with Gasteiger partial charge in [-0.15, -0.1) is 0 Å². The molecule has 0 amide bonds. The molecule has 0 bridgehead atoms.